The molecule has 0 bridgehead atoms. The van der Waals surface area contributed by atoms with Crippen molar-refractivity contribution in [3.63, 3.8) is 0 Å². The van der Waals surface area contributed by atoms with Gasteiger partial charge in [-0.3, -0.25) is 0 Å². The normalized spacial score (nSPS) is 12.2. The van der Waals surface area contributed by atoms with Crippen LogP contribution in [0, 0.1) is 22.7 Å². The Morgan fingerprint density at radius 2 is 1.63 bits per heavy atom. The van der Waals surface area contributed by atoms with Gasteiger partial charge in [-0.15, -0.1) is 0 Å². The van der Waals surface area contributed by atoms with E-state index >= 15 is 0 Å². The van der Waals surface area contributed by atoms with Crippen LogP contribution in [0.15, 0.2) is 81.6 Å². The van der Waals surface area contributed by atoms with Crippen LogP contribution in [0.2, 0.25) is 5.02 Å². The summed E-state index contributed by atoms with van der Waals surface area (Å²) in [5.74, 6) is 0. The van der Waals surface area contributed by atoms with Crippen molar-refractivity contribution in [1.29, 1.82) is 10.5 Å². The van der Waals surface area contributed by atoms with Crippen molar-refractivity contribution in [3.05, 3.63) is 88.0 Å². The second-order valence-corrected chi connectivity index (χ2v) is 10.1. The molecule has 1 aromatic heterocycles. The van der Waals surface area contributed by atoms with Crippen LogP contribution in [-0.4, -0.2) is 20.8 Å². The zero-order valence-corrected chi connectivity index (χ0v) is 17.5. The lowest BCUT2D eigenvalue weighted by Gasteiger charge is -2.09. The molecule has 0 atom stereocenters. The Bertz CT molecular complexity index is 1440. The van der Waals surface area contributed by atoms with Gasteiger partial charge in [0.25, 0.3) is 10.0 Å². The number of nitrogens with zero attached hydrogens (tertiary/aromatic N) is 3. The van der Waals surface area contributed by atoms with Crippen molar-refractivity contribution in [1.82, 2.24) is 3.97 Å². The van der Waals surface area contributed by atoms with Gasteiger partial charge in [-0.25, -0.2) is 20.8 Å². The molecule has 0 spiro atoms. The second kappa shape index (κ2) is 8.17. The summed E-state index contributed by atoms with van der Waals surface area (Å²) >= 11 is 5.78. The SMILES string of the molecule is N#C/C(=C\c1cccn1S(=O)(=O)c1cccc(C#N)c1)S(=O)(=O)c1ccc(Cl)cc1. The summed E-state index contributed by atoms with van der Waals surface area (Å²) in [5, 5.41) is 18.8. The minimum atomic E-state index is -4.19. The van der Waals surface area contributed by atoms with E-state index in [-0.39, 0.29) is 21.0 Å². The van der Waals surface area contributed by atoms with Crippen LogP contribution in [0.5, 0.6) is 0 Å². The molecule has 0 aliphatic rings. The first-order chi connectivity index (χ1) is 14.2. The molecule has 2 aromatic carbocycles. The highest BCUT2D eigenvalue weighted by molar-refractivity contribution is 7.95. The fourth-order valence-electron chi connectivity index (χ4n) is 2.59. The molecule has 7 nitrogen and oxygen atoms in total. The van der Waals surface area contributed by atoms with Gasteiger partial charge >= 0.3 is 0 Å². The maximum atomic E-state index is 13.0. The number of aromatic nitrogens is 1. The predicted molar refractivity (Wildman–Crippen MR) is 110 cm³/mol. The Morgan fingerprint density at radius 3 is 2.27 bits per heavy atom. The van der Waals surface area contributed by atoms with Crippen molar-refractivity contribution >= 4 is 37.5 Å². The quantitative estimate of drug-likeness (QED) is 0.540. The van der Waals surface area contributed by atoms with Crippen LogP contribution in [0.25, 0.3) is 6.08 Å². The van der Waals surface area contributed by atoms with Gasteiger partial charge in [-0.1, -0.05) is 17.7 Å². The molecule has 0 aliphatic heterocycles. The van der Waals surface area contributed by atoms with Crippen molar-refractivity contribution in [3.8, 4) is 12.1 Å². The van der Waals surface area contributed by atoms with Crippen LogP contribution in [0.1, 0.15) is 11.3 Å². The fraction of sp³-hybridized carbons (Fsp3) is 0. The Balaban J connectivity index is 2.11. The molecule has 3 rings (SSSR count). The summed E-state index contributed by atoms with van der Waals surface area (Å²) in [7, 11) is -8.32. The summed E-state index contributed by atoms with van der Waals surface area (Å²) in [6, 6.07) is 16.9. The van der Waals surface area contributed by atoms with Gasteiger partial charge in [0.1, 0.15) is 6.07 Å². The average Bonchev–Trinajstić information content (AvgIpc) is 3.21. The van der Waals surface area contributed by atoms with E-state index in [1.807, 2.05) is 6.07 Å². The second-order valence-electron chi connectivity index (χ2n) is 5.95. The standard InChI is InChI=1S/C20H12ClN3O4S2/c21-16-6-8-18(9-7-16)29(25,26)20(14-23)12-17-4-2-10-24(17)30(27,28)19-5-1-3-15(11-19)13-22/h1-12H/b20-12+. The molecule has 10 heteroatoms. The summed E-state index contributed by atoms with van der Waals surface area (Å²) in [4.78, 5) is -0.931. The van der Waals surface area contributed by atoms with Crippen molar-refractivity contribution in [2.75, 3.05) is 0 Å². The van der Waals surface area contributed by atoms with Gasteiger partial charge in [-0.2, -0.15) is 10.5 Å². The molecule has 3 aromatic rings. The number of hydrogen-bond donors (Lipinski definition) is 0. The van der Waals surface area contributed by atoms with E-state index in [1.54, 1.807) is 6.07 Å². The third-order valence-electron chi connectivity index (χ3n) is 4.07. The van der Waals surface area contributed by atoms with Gasteiger partial charge in [-0.05, 0) is 60.7 Å². The maximum Gasteiger partial charge on any atom is 0.268 e. The zero-order valence-electron chi connectivity index (χ0n) is 15.1. The summed E-state index contributed by atoms with van der Waals surface area (Å²) in [5.41, 5.74) is 0.120. The topological polar surface area (TPSA) is 121 Å². The molecular formula is C20H12ClN3O4S2. The highest BCUT2D eigenvalue weighted by atomic mass is 35.5. The Labute approximate surface area is 178 Å². The van der Waals surface area contributed by atoms with Crippen LogP contribution in [0.4, 0.5) is 0 Å². The smallest absolute Gasteiger partial charge is 0.242 e. The van der Waals surface area contributed by atoms with E-state index in [1.165, 1.54) is 66.9 Å². The third-order valence-corrected chi connectivity index (χ3v) is 7.70. The lowest BCUT2D eigenvalue weighted by molar-refractivity contribution is 0.587. The minimum absolute atomic E-state index is 0.0357. The third kappa shape index (κ3) is 4.00. The first kappa shape index (κ1) is 21.3. The number of allylic oxidation sites excluding steroid dienone is 1. The molecule has 0 saturated carbocycles. The summed E-state index contributed by atoms with van der Waals surface area (Å²) in [6.45, 7) is 0. The molecule has 0 unspecified atom stereocenters. The van der Waals surface area contributed by atoms with E-state index in [9.17, 15) is 22.1 Å². The number of sulfone groups is 1. The number of rotatable bonds is 5. The minimum Gasteiger partial charge on any atom is -0.242 e. The number of halogens is 1. The van der Waals surface area contributed by atoms with Crippen molar-refractivity contribution in [2.45, 2.75) is 9.79 Å². The van der Waals surface area contributed by atoms with Gasteiger partial charge < -0.3 is 0 Å². The average molecular weight is 458 g/mol. The monoisotopic (exact) mass is 457 g/mol. The molecule has 0 radical (unpaired) electrons. The molecule has 0 amide bonds. The lowest BCUT2D eigenvalue weighted by atomic mass is 10.2. The zero-order chi connectivity index (χ0) is 21.9. The van der Waals surface area contributed by atoms with Crippen molar-refractivity contribution in [2.24, 2.45) is 0 Å². The Hall–Kier alpha value is -3.37. The van der Waals surface area contributed by atoms with Gasteiger partial charge in [0.2, 0.25) is 9.84 Å². The fourth-order valence-corrected chi connectivity index (χ4v) is 5.24. The molecule has 0 N–H and O–H groups in total. The van der Waals surface area contributed by atoms with E-state index in [4.69, 9.17) is 16.9 Å². The molecule has 30 heavy (non-hydrogen) atoms. The van der Waals surface area contributed by atoms with E-state index in [0.29, 0.717) is 5.02 Å². The van der Waals surface area contributed by atoms with Gasteiger partial charge in [0.15, 0.2) is 4.91 Å². The van der Waals surface area contributed by atoms with Crippen molar-refractivity contribution < 1.29 is 16.8 Å². The molecule has 0 saturated heterocycles. The lowest BCUT2D eigenvalue weighted by Crippen LogP contribution is -2.14. The van der Waals surface area contributed by atoms with Crippen LogP contribution in [-0.2, 0) is 19.9 Å². The van der Waals surface area contributed by atoms with Crippen LogP contribution >= 0.6 is 11.6 Å². The van der Waals surface area contributed by atoms with E-state index in [2.05, 4.69) is 0 Å². The number of nitriles is 2. The largest absolute Gasteiger partial charge is 0.268 e. The Morgan fingerprint density at radius 1 is 0.933 bits per heavy atom. The molecule has 150 valence electrons. The molecule has 0 aliphatic carbocycles. The number of hydrogen-bond acceptors (Lipinski definition) is 6. The first-order valence-electron chi connectivity index (χ1n) is 8.26. The Kier molecular flexibility index (Phi) is 5.81. The van der Waals surface area contributed by atoms with Crippen LogP contribution < -0.4 is 0 Å². The highest BCUT2D eigenvalue weighted by Crippen LogP contribution is 2.25. The maximum absolute atomic E-state index is 13.0. The number of benzene rings is 2. The first-order valence-corrected chi connectivity index (χ1v) is 11.6. The summed E-state index contributed by atoms with van der Waals surface area (Å²) in [6.07, 6.45) is 2.21. The van der Waals surface area contributed by atoms with E-state index in [0.717, 1.165) is 10.0 Å². The van der Waals surface area contributed by atoms with Gasteiger partial charge in [0, 0.05) is 11.2 Å². The molecule has 0 fully saturated rings. The molecular weight excluding hydrogens is 446 g/mol. The highest BCUT2D eigenvalue weighted by Gasteiger charge is 2.24. The molecule has 1 heterocycles. The van der Waals surface area contributed by atoms with Gasteiger partial charge in [0.05, 0.1) is 27.1 Å². The van der Waals surface area contributed by atoms with E-state index < -0.39 is 24.8 Å². The van der Waals surface area contributed by atoms with Crippen LogP contribution in [0.3, 0.4) is 0 Å². The predicted octanol–water partition coefficient (Wildman–Crippen LogP) is 3.59. The summed E-state index contributed by atoms with van der Waals surface area (Å²) < 4.78 is 52.4.